The lowest BCUT2D eigenvalue weighted by atomic mass is 10.3. The highest BCUT2D eigenvalue weighted by atomic mass is 15.1. The van der Waals surface area contributed by atoms with E-state index in [0.717, 1.165) is 24.2 Å². The first-order valence-electron chi connectivity index (χ1n) is 5.29. The second-order valence-electron chi connectivity index (χ2n) is 3.59. The van der Waals surface area contributed by atoms with Crippen LogP contribution in [0.15, 0.2) is 25.0 Å². The number of hydrogen-bond acceptors (Lipinski definition) is 5. The van der Waals surface area contributed by atoms with Gasteiger partial charge in [-0.05, 0) is 0 Å². The molecule has 0 saturated heterocycles. The minimum absolute atomic E-state index is 0.587. The number of aromatic amines is 2. The molecule has 0 fully saturated rings. The third-order valence-electron chi connectivity index (χ3n) is 2.41. The van der Waals surface area contributed by atoms with Crippen LogP contribution in [0.5, 0.6) is 0 Å². The van der Waals surface area contributed by atoms with E-state index in [2.05, 4.69) is 35.2 Å². The molecule has 0 amide bonds. The summed E-state index contributed by atoms with van der Waals surface area (Å²) < 4.78 is 0. The van der Waals surface area contributed by atoms with E-state index in [0.29, 0.717) is 11.6 Å². The van der Waals surface area contributed by atoms with Crippen LogP contribution >= 0.6 is 0 Å². The third-order valence-corrected chi connectivity index (χ3v) is 2.41. The predicted molar refractivity (Wildman–Crippen MR) is 62.5 cm³/mol. The van der Waals surface area contributed by atoms with Gasteiger partial charge in [0.1, 0.15) is 5.52 Å². The van der Waals surface area contributed by atoms with Crippen molar-refractivity contribution < 1.29 is 0 Å². The van der Waals surface area contributed by atoms with Crippen molar-refractivity contribution in [3.8, 4) is 0 Å². The highest BCUT2D eigenvalue weighted by Gasteiger charge is 2.01. The molecule has 17 heavy (non-hydrogen) atoms. The van der Waals surface area contributed by atoms with Crippen LogP contribution in [0.2, 0.25) is 0 Å². The Morgan fingerprint density at radius 1 is 1.12 bits per heavy atom. The SMILES string of the molecule is c1ncc(CCNc2ncc3[nH]cnc3n2)[nH]1. The van der Waals surface area contributed by atoms with Crippen molar-refractivity contribution in [1.29, 1.82) is 0 Å². The zero-order valence-electron chi connectivity index (χ0n) is 9.01. The average Bonchev–Trinajstić information content (AvgIpc) is 2.98. The van der Waals surface area contributed by atoms with E-state index in [9.17, 15) is 0 Å². The van der Waals surface area contributed by atoms with E-state index >= 15 is 0 Å². The van der Waals surface area contributed by atoms with Gasteiger partial charge in [0.25, 0.3) is 0 Å². The van der Waals surface area contributed by atoms with E-state index in [1.807, 2.05) is 0 Å². The molecule has 86 valence electrons. The van der Waals surface area contributed by atoms with Gasteiger partial charge in [-0.3, -0.25) is 0 Å². The van der Waals surface area contributed by atoms with E-state index in [1.165, 1.54) is 0 Å². The smallest absolute Gasteiger partial charge is 0.224 e. The minimum Gasteiger partial charge on any atom is -0.354 e. The largest absolute Gasteiger partial charge is 0.354 e. The predicted octanol–water partition coefficient (Wildman–Crippen LogP) is 0.731. The number of hydrogen-bond donors (Lipinski definition) is 3. The van der Waals surface area contributed by atoms with Crippen LogP contribution in [-0.2, 0) is 6.42 Å². The van der Waals surface area contributed by atoms with Gasteiger partial charge in [0.15, 0.2) is 5.65 Å². The molecule has 3 aromatic heterocycles. The summed E-state index contributed by atoms with van der Waals surface area (Å²) in [6, 6.07) is 0. The van der Waals surface area contributed by atoms with Gasteiger partial charge in [0.05, 0.1) is 18.9 Å². The first-order valence-corrected chi connectivity index (χ1v) is 5.29. The summed E-state index contributed by atoms with van der Waals surface area (Å²) in [5.41, 5.74) is 2.59. The molecule has 0 bridgehead atoms. The summed E-state index contributed by atoms with van der Waals surface area (Å²) in [7, 11) is 0. The summed E-state index contributed by atoms with van der Waals surface area (Å²) in [6.45, 7) is 0.748. The number of imidazole rings is 2. The molecule has 3 N–H and O–H groups in total. The standard InChI is InChI=1S/C10H11N7/c1(7-3-11-5-14-7)2-12-10-13-4-8-9(17-10)16-6-15-8/h3-6H,1-2H2,(H,11,14)(H2,12,13,15,16,17). The molecule has 3 heterocycles. The maximum absolute atomic E-state index is 4.26. The second kappa shape index (κ2) is 4.20. The van der Waals surface area contributed by atoms with Crippen LogP contribution in [0.1, 0.15) is 5.69 Å². The number of aromatic nitrogens is 6. The molecule has 0 atom stereocenters. The van der Waals surface area contributed by atoms with Gasteiger partial charge in [-0.1, -0.05) is 0 Å². The van der Waals surface area contributed by atoms with Gasteiger partial charge >= 0.3 is 0 Å². The first-order chi connectivity index (χ1) is 8.42. The lowest BCUT2D eigenvalue weighted by Gasteiger charge is -2.02. The van der Waals surface area contributed by atoms with Gasteiger partial charge < -0.3 is 15.3 Å². The molecule has 0 aromatic carbocycles. The Morgan fingerprint density at radius 2 is 2.12 bits per heavy atom. The summed E-state index contributed by atoms with van der Waals surface area (Å²) in [5.74, 6) is 0.587. The quantitative estimate of drug-likeness (QED) is 0.613. The first kappa shape index (κ1) is 9.76. The number of nitrogens with one attached hydrogen (secondary N) is 3. The third kappa shape index (κ3) is 2.07. The highest BCUT2D eigenvalue weighted by Crippen LogP contribution is 2.06. The number of nitrogens with zero attached hydrogens (tertiary/aromatic N) is 4. The number of anilines is 1. The normalized spacial score (nSPS) is 10.8. The second-order valence-corrected chi connectivity index (χ2v) is 3.59. The number of fused-ring (bicyclic) bond motifs is 1. The molecule has 0 unspecified atom stereocenters. The molecular formula is C10H11N7. The van der Waals surface area contributed by atoms with Crippen LogP contribution in [0, 0.1) is 0 Å². The lowest BCUT2D eigenvalue weighted by Crippen LogP contribution is -2.08. The van der Waals surface area contributed by atoms with Gasteiger partial charge in [-0.15, -0.1) is 0 Å². The Balaban J connectivity index is 1.64. The molecule has 0 aliphatic rings. The van der Waals surface area contributed by atoms with Crippen LogP contribution in [-0.4, -0.2) is 36.4 Å². The zero-order valence-corrected chi connectivity index (χ0v) is 9.01. The summed E-state index contributed by atoms with van der Waals surface area (Å²) >= 11 is 0. The molecule has 0 saturated carbocycles. The van der Waals surface area contributed by atoms with Crippen molar-refractivity contribution in [2.75, 3.05) is 11.9 Å². The topological polar surface area (TPSA) is 95.2 Å². The van der Waals surface area contributed by atoms with E-state index in [4.69, 9.17) is 0 Å². The van der Waals surface area contributed by atoms with Gasteiger partial charge in [0.2, 0.25) is 5.95 Å². The Hall–Kier alpha value is -2.44. The van der Waals surface area contributed by atoms with Crippen molar-refractivity contribution in [3.63, 3.8) is 0 Å². The summed E-state index contributed by atoms with van der Waals surface area (Å²) in [5, 5.41) is 3.14. The molecule has 3 rings (SSSR count). The fourth-order valence-electron chi connectivity index (χ4n) is 1.55. The van der Waals surface area contributed by atoms with Gasteiger partial charge in [-0.2, -0.15) is 4.98 Å². The zero-order chi connectivity index (χ0) is 11.5. The molecule has 3 aromatic rings. The van der Waals surface area contributed by atoms with Crippen molar-refractivity contribution in [3.05, 3.63) is 30.7 Å². The molecule has 0 aliphatic heterocycles. The monoisotopic (exact) mass is 229 g/mol. The number of H-pyrrole nitrogens is 2. The highest BCUT2D eigenvalue weighted by molar-refractivity contribution is 5.69. The van der Waals surface area contributed by atoms with Crippen LogP contribution in [0.3, 0.4) is 0 Å². The fourth-order valence-corrected chi connectivity index (χ4v) is 1.55. The Labute approximate surface area is 96.7 Å². The minimum atomic E-state index is 0.587. The van der Waals surface area contributed by atoms with Gasteiger partial charge in [-0.25, -0.2) is 15.0 Å². The maximum Gasteiger partial charge on any atom is 0.224 e. The van der Waals surface area contributed by atoms with Crippen LogP contribution in [0.4, 0.5) is 5.95 Å². The molecule has 0 aliphatic carbocycles. The molecule has 0 radical (unpaired) electrons. The van der Waals surface area contributed by atoms with E-state index in [1.54, 1.807) is 25.0 Å². The van der Waals surface area contributed by atoms with Gasteiger partial charge in [0, 0.05) is 24.9 Å². The van der Waals surface area contributed by atoms with Crippen molar-refractivity contribution in [2.24, 2.45) is 0 Å². The molecule has 0 spiro atoms. The molecular weight excluding hydrogens is 218 g/mol. The molecule has 7 heteroatoms. The number of rotatable bonds is 4. The van der Waals surface area contributed by atoms with E-state index in [-0.39, 0.29) is 0 Å². The fraction of sp³-hybridized carbons (Fsp3) is 0.200. The Kier molecular flexibility index (Phi) is 2.41. The van der Waals surface area contributed by atoms with Crippen molar-refractivity contribution in [1.82, 2.24) is 29.9 Å². The maximum atomic E-state index is 4.26. The summed E-state index contributed by atoms with van der Waals surface area (Å²) in [6.07, 6.45) is 7.64. The van der Waals surface area contributed by atoms with Crippen molar-refractivity contribution in [2.45, 2.75) is 6.42 Å². The van der Waals surface area contributed by atoms with Crippen LogP contribution < -0.4 is 5.32 Å². The van der Waals surface area contributed by atoms with E-state index < -0.39 is 0 Å². The van der Waals surface area contributed by atoms with Crippen LogP contribution in [0.25, 0.3) is 11.2 Å². The molecule has 7 nitrogen and oxygen atoms in total. The Morgan fingerprint density at radius 3 is 3.00 bits per heavy atom. The average molecular weight is 229 g/mol. The van der Waals surface area contributed by atoms with Crippen molar-refractivity contribution >= 4 is 17.1 Å². The Bertz CT molecular complexity index is 598. The summed E-state index contributed by atoms with van der Waals surface area (Å²) in [4.78, 5) is 22.5. The lowest BCUT2D eigenvalue weighted by molar-refractivity contribution is 0.956.